The van der Waals surface area contributed by atoms with E-state index in [2.05, 4.69) is 10.6 Å². The molecule has 34 heavy (non-hydrogen) atoms. The summed E-state index contributed by atoms with van der Waals surface area (Å²) < 4.78 is 5.31. The van der Waals surface area contributed by atoms with E-state index < -0.39 is 35.7 Å². The fourth-order valence-corrected chi connectivity index (χ4v) is 3.67. The number of ether oxygens (including phenoxy) is 1. The molecule has 2 amide bonds. The van der Waals surface area contributed by atoms with Gasteiger partial charge in [0.2, 0.25) is 5.91 Å². The van der Waals surface area contributed by atoms with Gasteiger partial charge < -0.3 is 20.5 Å². The lowest BCUT2D eigenvalue weighted by Crippen LogP contribution is -2.53. The summed E-state index contributed by atoms with van der Waals surface area (Å²) in [5, 5.41) is 17.0. The molecule has 3 aromatic rings. The zero-order valence-corrected chi connectivity index (χ0v) is 19.6. The van der Waals surface area contributed by atoms with Gasteiger partial charge in [0.05, 0.1) is 0 Å². The zero-order valence-electron chi connectivity index (χ0n) is 19.6. The number of rotatable bonds is 8. The molecule has 0 aromatic heterocycles. The standard InChI is InChI=1S/C27H30N2O5/c1-27(2,3)34-26(33)29-22(16-18-10-5-4-6-11-18)24(30)28-23(25(31)32)17-20-14-9-13-19-12-7-8-15-21(19)20/h4-15,22-23H,16-17H2,1-3H3,(H,28,30)(H,29,33)(H,31,32). The van der Waals surface area contributed by atoms with Crippen LogP contribution in [0.4, 0.5) is 4.79 Å². The number of nitrogens with one attached hydrogen (secondary N) is 2. The van der Waals surface area contributed by atoms with Crippen molar-refractivity contribution in [1.82, 2.24) is 10.6 Å². The van der Waals surface area contributed by atoms with Crippen LogP contribution in [-0.2, 0) is 27.2 Å². The third kappa shape index (κ3) is 7.07. The minimum atomic E-state index is -1.17. The number of hydrogen-bond donors (Lipinski definition) is 3. The van der Waals surface area contributed by atoms with Crippen LogP contribution in [0.3, 0.4) is 0 Å². The molecule has 178 valence electrons. The molecule has 3 N–H and O–H groups in total. The Hall–Kier alpha value is -3.87. The summed E-state index contributed by atoms with van der Waals surface area (Å²) in [7, 11) is 0. The van der Waals surface area contributed by atoms with Crippen molar-refractivity contribution in [2.75, 3.05) is 0 Å². The normalized spacial score (nSPS) is 13.0. The first-order chi connectivity index (χ1) is 16.1. The third-order valence-corrected chi connectivity index (χ3v) is 5.21. The first kappa shape index (κ1) is 24.8. The number of alkyl carbamates (subject to hydrolysis) is 1. The van der Waals surface area contributed by atoms with Crippen LogP contribution in [0.2, 0.25) is 0 Å². The van der Waals surface area contributed by atoms with E-state index in [-0.39, 0.29) is 12.8 Å². The molecule has 3 aromatic carbocycles. The van der Waals surface area contributed by atoms with Crippen LogP contribution in [0.15, 0.2) is 72.8 Å². The summed E-state index contributed by atoms with van der Waals surface area (Å²) in [6, 6.07) is 20.4. The number of hydrogen-bond acceptors (Lipinski definition) is 4. The summed E-state index contributed by atoms with van der Waals surface area (Å²) in [5.41, 5.74) is 0.890. The molecule has 7 nitrogen and oxygen atoms in total. The number of carboxylic acid groups (broad SMARTS) is 1. The third-order valence-electron chi connectivity index (χ3n) is 5.21. The minimum absolute atomic E-state index is 0.104. The van der Waals surface area contributed by atoms with Gasteiger partial charge in [-0.05, 0) is 42.7 Å². The van der Waals surface area contributed by atoms with E-state index in [4.69, 9.17) is 4.74 Å². The van der Waals surface area contributed by atoms with Crippen LogP contribution in [0, 0.1) is 0 Å². The molecule has 7 heteroatoms. The number of aliphatic carboxylic acids is 1. The summed E-state index contributed by atoms with van der Waals surface area (Å²) in [4.78, 5) is 37.6. The Morgan fingerprint density at radius 3 is 2.15 bits per heavy atom. The molecule has 0 saturated carbocycles. The molecule has 0 fully saturated rings. The van der Waals surface area contributed by atoms with Crippen molar-refractivity contribution in [3.8, 4) is 0 Å². The Kier molecular flexibility index (Phi) is 7.89. The molecule has 0 bridgehead atoms. The van der Waals surface area contributed by atoms with Crippen molar-refractivity contribution in [3.05, 3.63) is 83.9 Å². The molecule has 0 saturated heterocycles. The first-order valence-electron chi connectivity index (χ1n) is 11.2. The van der Waals surface area contributed by atoms with Gasteiger partial charge in [0, 0.05) is 12.8 Å². The Labute approximate surface area is 199 Å². The van der Waals surface area contributed by atoms with Gasteiger partial charge in [-0.2, -0.15) is 0 Å². The van der Waals surface area contributed by atoms with E-state index in [0.29, 0.717) is 0 Å². The number of amides is 2. The molecule has 0 radical (unpaired) electrons. The molecule has 3 rings (SSSR count). The lowest BCUT2D eigenvalue weighted by atomic mass is 9.98. The maximum absolute atomic E-state index is 13.2. The highest BCUT2D eigenvalue weighted by atomic mass is 16.6. The van der Waals surface area contributed by atoms with Crippen molar-refractivity contribution >= 4 is 28.7 Å². The maximum atomic E-state index is 13.2. The van der Waals surface area contributed by atoms with E-state index in [1.165, 1.54) is 0 Å². The number of carboxylic acids is 1. The highest BCUT2D eigenvalue weighted by Crippen LogP contribution is 2.20. The van der Waals surface area contributed by atoms with Gasteiger partial charge in [-0.3, -0.25) is 4.79 Å². The van der Waals surface area contributed by atoms with Gasteiger partial charge in [0.1, 0.15) is 17.7 Å². The van der Waals surface area contributed by atoms with Gasteiger partial charge in [0.25, 0.3) is 0 Å². The van der Waals surface area contributed by atoms with Crippen molar-refractivity contribution in [1.29, 1.82) is 0 Å². The molecule has 0 spiro atoms. The molecule has 0 aliphatic heterocycles. The van der Waals surface area contributed by atoms with Gasteiger partial charge in [-0.25, -0.2) is 9.59 Å². The first-order valence-corrected chi connectivity index (χ1v) is 11.2. The van der Waals surface area contributed by atoms with E-state index in [1.807, 2.05) is 72.8 Å². The van der Waals surface area contributed by atoms with Crippen LogP contribution in [0.1, 0.15) is 31.9 Å². The summed E-state index contributed by atoms with van der Waals surface area (Å²) in [6.07, 6.45) is -0.455. The van der Waals surface area contributed by atoms with E-state index >= 15 is 0 Å². The number of fused-ring (bicyclic) bond motifs is 1. The Balaban J connectivity index is 1.80. The number of carbonyl (C=O) groups is 3. The average molecular weight is 463 g/mol. The quantitative estimate of drug-likeness (QED) is 0.468. The molecular weight excluding hydrogens is 432 g/mol. The summed E-state index contributed by atoms with van der Waals surface area (Å²) in [6.45, 7) is 5.18. The second-order valence-corrected chi connectivity index (χ2v) is 9.13. The Morgan fingerprint density at radius 2 is 1.47 bits per heavy atom. The monoisotopic (exact) mass is 462 g/mol. The average Bonchev–Trinajstić information content (AvgIpc) is 2.77. The molecule has 0 heterocycles. The fraction of sp³-hybridized carbons (Fsp3) is 0.296. The van der Waals surface area contributed by atoms with Gasteiger partial charge in [-0.15, -0.1) is 0 Å². The lowest BCUT2D eigenvalue weighted by molar-refractivity contribution is -0.142. The van der Waals surface area contributed by atoms with Gasteiger partial charge in [0.15, 0.2) is 0 Å². The largest absolute Gasteiger partial charge is 0.480 e. The summed E-state index contributed by atoms with van der Waals surface area (Å²) >= 11 is 0. The lowest BCUT2D eigenvalue weighted by Gasteiger charge is -2.25. The predicted molar refractivity (Wildman–Crippen MR) is 131 cm³/mol. The van der Waals surface area contributed by atoms with Crippen molar-refractivity contribution < 1.29 is 24.2 Å². The second kappa shape index (κ2) is 10.8. The highest BCUT2D eigenvalue weighted by molar-refractivity contribution is 5.91. The van der Waals surface area contributed by atoms with Crippen LogP contribution >= 0.6 is 0 Å². The van der Waals surface area contributed by atoms with E-state index in [1.54, 1.807) is 20.8 Å². The predicted octanol–water partition coefficient (Wildman–Crippen LogP) is 4.09. The molecule has 2 atom stereocenters. The summed E-state index contributed by atoms with van der Waals surface area (Å²) in [5.74, 6) is -1.75. The van der Waals surface area contributed by atoms with E-state index in [9.17, 15) is 19.5 Å². The zero-order chi connectivity index (χ0) is 24.7. The Bertz CT molecular complexity index is 1150. The smallest absolute Gasteiger partial charge is 0.408 e. The van der Waals surface area contributed by atoms with Crippen molar-refractivity contribution in [3.63, 3.8) is 0 Å². The molecule has 0 aliphatic carbocycles. The molecular formula is C27H30N2O5. The van der Waals surface area contributed by atoms with Crippen LogP contribution in [-0.4, -0.2) is 40.8 Å². The van der Waals surface area contributed by atoms with Gasteiger partial charge >= 0.3 is 12.1 Å². The fourth-order valence-electron chi connectivity index (χ4n) is 3.67. The molecule has 0 aliphatic rings. The van der Waals surface area contributed by atoms with Crippen LogP contribution < -0.4 is 10.6 Å². The van der Waals surface area contributed by atoms with Gasteiger partial charge in [-0.1, -0.05) is 72.8 Å². The maximum Gasteiger partial charge on any atom is 0.408 e. The Morgan fingerprint density at radius 1 is 0.824 bits per heavy atom. The topological polar surface area (TPSA) is 105 Å². The minimum Gasteiger partial charge on any atom is -0.480 e. The number of carbonyl (C=O) groups excluding carboxylic acids is 2. The van der Waals surface area contributed by atoms with Crippen LogP contribution in [0.5, 0.6) is 0 Å². The van der Waals surface area contributed by atoms with Crippen molar-refractivity contribution in [2.24, 2.45) is 0 Å². The SMILES string of the molecule is CC(C)(C)OC(=O)NC(Cc1ccccc1)C(=O)NC(Cc1cccc2ccccc12)C(=O)O. The molecule has 2 unspecified atom stereocenters. The second-order valence-electron chi connectivity index (χ2n) is 9.13. The highest BCUT2D eigenvalue weighted by Gasteiger charge is 2.29. The number of benzene rings is 3. The van der Waals surface area contributed by atoms with Crippen molar-refractivity contribution in [2.45, 2.75) is 51.3 Å². The van der Waals surface area contributed by atoms with E-state index in [0.717, 1.165) is 21.9 Å². The van der Waals surface area contributed by atoms with Crippen LogP contribution in [0.25, 0.3) is 10.8 Å².